The number of nitrogens with zero attached hydrogens (tertiary/aromatic N) is 3. The van der Waals surface area contributed by atoms with Crippen molar-refractivity contribution in [2.24, 2.45) is 10.7 Å². The standard InChI is InChI=1S/C35H38ClFN6O3/c1-6-7-21-16-26(45-5)13-14-27(21)22-17-31-32(40-24-9-11-25(12-10-24)41-34(44)46-35(2,3)4)28(19-39-43(31)20-22)33(38)42-30-18-23(37)8-15-29(30)36/h8,13-20,24-25,40H,9-12H2,1-5H3,(H2,38,42)(H,41,44). The molecule has 1 aliphatic carbocycles. The molecule has 1 saturated carbocycles. The molecule has 0 spiro atoms. The molecule has 0 unspecified atom stereocenters. The molecule has 1 fully saturated rings. The van der Waals surface area contributed by atoms with Crippen LogP contribution in [0.25, 0.3) is 16.6 Å². The lowest BCUT2D eigenvalue weighted by atomic mass is 9.91. The third kappa shape index (κ3) is 7.72. The van der Waals surface area contributed by atoms with Gasteiger partial charge in [-0.2, -0.15) is 5.10 Å². The summed E-state index contributed by atoms with van der Waals surface area (Å²) in [6.45, 7) is 7.33. The zero-order valence-electron chi connectivity index (χ0n) is 26.6. The maximum Gasteiger partial charge on any atom is 0.407 e. The van der Waals surface area contributed by atoms with Gasteiger partial charge in [0.1, 0.15) is 23.0 Å². The van der Waals surface area contributed by atoms with E-state index in [0.717, 1.165) is 53.6 Å². The predicted molar refractivity (Wildman–Crippen MR) is 181 cm³/mol. The van der Waals surface area contributed by atoms with E-state index in [1.54, 1.807) is 24.7 Å². The lowest BCUT2D eigenvalue weighted by Gasteiger charge is -2.31. The molecule has 2 heterocycles. The molecular formula is C35H38ClFN6O3. The summed E-state index contributed by atoms with van der Waals surface area (Å²) in [5, 5.41) is 11.6. The minimum atomic E-state index is -0.561. The van der Waals surface area contributed by atoms with Crippen LogP contribution in [0.2, 0.25) is 5.02 Å². The van der Waals surface area contributed by atoms with E-state index in [1.165, 1.54) is 18.2 Å². The highest BCUT2D eigenvalue weighted by atomic mass is 35.5. The number of hydrogen-bond donors (Lipinski definition) is 3. The van der Waals surface area contributed by atoms with Gasteiger partial charge < -0.3 is 25.8 Å². The van der Waals surface area contributed by atoms with Gasteiger partial charge in [0, 0.05) is 35.5 Å². The van der Waals surface area contributed by atoms with Gasteiger partial charge in [-0.25, -0.2) is 18.7 Å². The average molecular weight is 645 g/mol. The fourth-order valence-corrected chi connectivity index (χ4v) is 5.67. The number of rotatable bonds is 7. The number of aromatic nitrogens is 2. The van der Waals surface area contributed by atoms with Crippen LogP contribution in [0.3, 0.4) is 0 Å². The average Bonchev–Trinajstić information content (AvgIpc) is 3.44. The highest BCUT2D eigenvalue weighted by Gasteiger charge is 2.26. The van der Waals surface area contributed by atoms with E-state index in [0.29, 0.717) is 11.3 Å². The largest absolute Gasteiger partial charge is 0.497 e. The number of carbonyl (C=O) groups is 1. The van der Waals surface area contributed by atoms with Crippen molar-refractivity contribution in [3.63, 3.8) is 0 Å². The van der Waals surface area contributed by atoms with Gasteiger partial charge in [-0.05, 0) is 95.3 Å². The lowest BCUT2D eigenvalue weighted by Crippen LogP contribution is -2.42. The number of carbonyl (C=O) groups excluding carboxylic acids is 1. The van der Waals surface area contributed by atoms with Crippen LogP contribution in [0.1, 0.15) is 64.5 Å². The van der Waals surface area contributed by atoms with Gasteiger partial charge in [-0.1, -0.05) is 17.5 Å². The SMILES string of the molecule is CC#Cc1cc(OC)ccc1-c1cc2c(NC3CCC(NC(=O)OC(C)(C)C)CC3)c(C(N)=Nc3cc(F)ccc3Cl)cnn2c1. The molecule has 46 heavy (non-hydrogen) atoms. The van der Waals surface area contributed by atoms with Crippen molar-refractivity contribution in [3.05, 3.63) is 76.8 Å². The van der Waals surface area contributed by atoms with Crippen LogP contribution in [0.5, 0.6) is 5.75 Å². The Morgan fingerprint density at radius 2 is 1.87 bits per heavy atom. The molecule has 9 nitrogen and oxygen atoms in total. The van der Waals surface area contributed by atoms with Gasteiger partial charge >= 0.3 is 6.09 Å². The summed E-state index contributed by atoms with van der Waals surface area (Å²) in [5.74, 6) is 6.53. The molecule has 0 saturated heterocycles. The first-order valence-corrected chi connectivity index (χ1v) is 15.5. The lowest BCUT2D eigenvalue weighted by molar-refractivity contribution is 0.0492. The quantitative estimate of drug-likeness (QED) is 0.109. The van der Waals surface area contributed by atoms with Gasteiger partial charge in [0.2, 0.25) is 0 Å². The number of aliphatic imine (C=N–C) groups is 1. The molecule has 240 valence electrons. The third-order valence-corrected chi connectivity index (χ3v) is 7.98. The highest BCUT2D eigenvalue weighted by molar-refractivity contribution is 6.33. The van der Waals surface area contributed by atoms with Crippen LogP contribution in [0.15, 0.2) is 59.9 Å². The van der Waals surface area contributed by atoms with Crippen molar-refractivity contribution >= 4 is 40.4 Å². The smallest absolute Gasteiger partial charge is 0.407 e. The predicted octanol–water partition coefficient (Wildman–Crippen LogP) is 7.46. The van der Waals surface area contributed by atoms with Gasteiger partial charge in [-0.3, -0.25) is 0 Å². The maximum absolute atomic E-state index is 14.0. The summed E-state index contributed by atoms with van der Waals surface area (Å²) in [6, 6.07) is 11.8. The Hall–Kier alpha value is -4.75. The summed E-state index contributed by atoms with van der Waals surface area (Å²) >= 11 is 6.31. The third-order valence-electron chi connectivity index (χ3n) is 7.66. The van der Waals surface area contributed by atoms with Crippen molar-refractivity contribution < 1.29 is 18.7 Å². The van der Waals surface area contributed by atoms with Crippen molar-refractivity contribution in [1.29, 1.82) is 0 Å². The van der Waals surface area contributed by atoms with Crippen LogP contribution < -0.4 is 21.1 Å². The number of fused-ring (bicyclic) bond motifs is 1. The number of nitrogens with one attached hydrogen (secondary N) is 2. The van der Waals surface area contributed by atoms with Crippen molar-refractivity contribution in [1.82, 2.24) is 14.9 Å². The van der Waals surface area contributed by atoms with E-state index >= 15 is 0 Å². The van der Waals surface area contributed by atoms with Crippen LogP contribution in [0.4, 0.5) is 20.6 Å². The second-order valence-corrected chi connectivity index (χ2v) is 12.6. The zero-order valence-corrected chi connectivity index (χ0v) is 27.3. The Labute approximate surface area is 273 Å². The minimum Gasteiger partial charge on any atom is -0.497 e. The first kappa shape index (κ1) is 32.6. The van der Waals surface area contributed by atoms with Crippen LogP contribution in [0, 0.1) is 17.7 Å². The Morgan fingerprint density at radius 1 is 1.13 bits per heavy atom. The fraction of sp³-hybridized carbons (Fsp3) is 0.343. The maximum atomic E-state index is 14.0. The van der Waals surface area contributed by atoms with E-state index in [4.69, 9.17) is 26.8 Å². The van der Waals surface area contributed by atoms with Crippen LogP contribution >= 0.6 is 11.6 Å². The molecule has 5 rings (SSSR count). The van der Waals surface area contributed by atoms with E-state index in [-0.39, 0.29) is 28.6 Å². The summed E-state index contributed by atoms with van der Waals surface area (Å²) in [7, 11) is 1.62. The van der Waals surface area contributed by atoms with E-state index in [2.05, 4.69) is 32.6 Å². The number of hydrogen-bond acceptors (Lipinski definition) is 6. The monoisotopic (exact) mass is 644 g/mol. The summed E-state index contributed by atoms with van der Waals surface area (Å²) < 4.78 is 26.7. The molecule has 11 heteroatoms. The van der Waals surface area contributed by atoms with Gasteiger partial charge in [-0.15, -0.1) is 5.92 Å². The topological polar surface area (TPSA) is 115 Å². The van der Waals surface area contributed by atoms with E-state index in [1.807, 2.05) is 51.2 Å². The number of methoxy groups -OCH3 is 1. The molecule has 0 atom stereocenters. The van der Waals surface area contributed by atoms with Gasteiger partial charge in [0.15, 0.2) is 0 Å². The van der Waals surface area contributed by atoms with E-state index in [9.17, 15) is 9.18 Å². The van der Waals surface area contributed by atoms with Crippen LogP contribution in [-0.4, -0.2) is 46.3 Å². The molecule has 4 aromatic rings. The van der Waals surface area contributed by atoms with Crippen molar-refractivity contribution in [2.75, 3.05) is 12.4 Å². The number of halogens is 2. The summed E-state index contributed by atoms with van der Waals surface area (Å²) in [5.41, 5.74) is 10.9. The summed E-state index contributed by atoms with van der Waals surface area (Å²) in [4.78, 5) is 16.8. The number of benzene rings is 2. The number of alkyl carbamates (subject to hydrolysis) is 1. The van der Waals surface area contributed by atoms with Crippen molar-refractivity contribution in [2.45, 2.75) is 71.1 Å². The highest BCUT2D eigenvalue weighted by Crippen LogP contribution is 2.34. The number of amides is 1. The number of nitrogens with two attached hydrogens (primary N) is 1. The molecule has 1 amide bonds. The first-order chi connectivity index (χ1) is 21.9. The molecule has 0 aliphatic heterocycles. The number of anilines is 1. The molecule has 0 bridgehead atoms. The van der Waals surface area contributed by atoms with Gasteiger partial charge in [0.05, 0.1) is 40.8 Å². The number of ether oxygens (including phenoxy) is 2. The van der Waals surface area contributed by atoms with E-state index < -0.39 is 17.5 Å². The second-order valence-electron chi connectivity index (χ2n) is 12.2. The number of amidine groups is 1. The van der Waals surface area contributed by atoms with Crippen molar-refractivity contribution in [3.8, 4) is 28.7 Å². The molecule has 1 aliphatic rings. The molecular weight excluding hydrogens is 607 g/mol. The Balaban J connectivity index is 1.51. The Morgan fingerprint density at radius 3 is 2.57 bits per heavy atom. The first-order valence-electron chi connectivity index (χ1n) is 15.1. The molecule has 2 aromatic heterocycles. The van der Waals surface area contributed by atoms with Gasteiger partial charge in [0.25, 0.3) is 0 Å². The second kappa shape index (κ2) is 13.7. The molecule has 4 N–H and O–H groups in total. The molecule has 0 radical (unpaired) electrons. The minimum absolute atomic E-state index is 0.0136. The Kier molecular flexibility index (Phi) is 9.73. The molecule has 2 aromatic carbocycles. The summed E-state index contributed by atoms with van der Waals surface area (Å²) in [6.07, 6.45) is 6.30. The van der Waals surface area contributed by atoms with Crippen LogP contribution in [-0.2, 0) is 4.74 Å². The normalized spacial score (nSPS) is 16.8. The zero-order chi connectivity index (χ0) is 33.0. The Bertz CT molecular complexity index is 1840. The fourth-order valence-electron chi connectivity index (χ4n) is 5.51.